The van der Waals surface area contributed by atoms with E-state index in [0.29, 0.717) is 17.1 Å². The smallest absolute Gasteiger partial charge is 0.186 e. The van der Waals surface area contributed by atoms with E-state index >= 15 is 0 Å². The van der Waals surface area contributed by atoms with Crippen LogP contribution in [0.1, 0.15) is 15.9 Å². The van der Waals surface area contributed by atoms with Gasteiger partial charge in [-0.1, -0.05) is 18.2 Å². The van der Waals surface area contributed by atoms with Crippen LogP contribution >= 0.6 is 0 Å². The Hall–Kier alpha value is -2.75. The van der Waals surface area contributed by atoms with E-state index in [0.717, 1.165) is 11.3 Å². The number of allylic oxidation sites excluding steroid dienone is 1. The van der Waals surface area contributed by atoms with Gasteiger partial charge in [-0.25, -0.2) is 0 Å². The molecule has 2 aromatic rings. The first-order valence-corrected chi connectivity index (χ1v) is 6.76. The van der Waals surface area contributed by atoms with Crippen LogP contribution in [0.15, 0.2) is 48.5 Å². The highest BCUT2D eigenvalue weighted by atomic mass is 16.5. The second-order valence-corrected chi connectivity index (χ2v) is 4.58. The lowest BCUT2D eigenvalue weighted by molar-refractivity contribution is 0.104. The summed E-state index contributed by atoms with van der Waals surface area (Å²) in [7, 11) is 4.71. The number of benzene rings is 2. The minimum absolute atomic E-state index is 0.125. The number of hydrogen-bond acceptors (Lipinski definition) is 4. The fourth-order valence-electron chi connectivity index (χ4n) is 1.96. The van der Waals surface area contributed by atoms with E-state index in [1.54, 1.807) is 45.6 Å². The Kier molecular flexibility index (Phi) is 5.20. The zero-order valence-electron chi connectivity index (χ0n) is 12.8. The summed E-state index contributed by atoms with van der Waals surface area (Å²) in [4.78, 5) is 12.3. The molecule has 0 saturated carbocycles. The third-order valence-corrected chi connectivity index (χ3v) is 3.16. The van der Waals surface area contributed by atoms with Gasteiger partial charge < -0.3 is 14.2 Å². The molecule has 0 heterocycles. The van der Waals surface area contributed by atoms with Gasteiger partial charge in [-0.15, -0.1) is 0 Å². The van der Waals surface area contributed by atoms with Crippen molar-refractivity contribution in [3.05, 3.63) is 59.7 Å². The van der Waals surface area contributed by atoms with E-state index in [4.69, 9.17) is 14.2 Å². The van der Waals surface area contributed by atoms with Crippen molar-refractivity contribution in [1.82, 2.24) is 0 Å². The van der Waals surface area contributed by atoms with Crippen molar-refractivity contribution in [2.45, 2.75) is 0 Å². The van der Waals surface area contributed by atoms with Crippen molar-refractivity contribution < 1.29 is 19.0 Å². The molecule has 114 valence electrons. The molecule has 0 N–H and O–H groups in total. The Bertz CT molecular complexity index is 667. The van der Waals surface area contributed by atoms with Crippen molar-refractivity contribution >= 4 is 11.9 Å². The average molecular weight is 298 g/mol. The van der Waals surface area contributed by atoms with Crippen LogP contribution in [0.2, 0.25) is 0 Å². The van der Waals surface area contributed by atoms with Gasteiger partial charge in [0.15, 0.2) is 5.78 Å². The van der Waals surface area contributed by atoms with Gasteiger partial charge in [0.05, 0.1) is 21.3 Å². The molecule has 0 aromatic heterocycles. The molecule has 0 bridgehead atoms. The molecule has 4 nitrogen and oxygen atoms in total. The summed E-state index contributed by atoms with van der Waals surface area (Å²) in [6.07, 6.45) is 3.26. The molecule has 0 aliphatic rings. The van der Waals surface area contributed by atoms with Gasteiger partial charge in [-0.3, -0.25) is 4.79 Å². The molecule has 4 heteroatoms. The van der Waals surface area contributed by atoms with Crippen LogP contribution < -0.4 is 14.2 Å². The van der Waals surface area contributed by atoms with Gasteiger partial charge in [0.1, 0.15) is 17.2 Å². The van der Waals surface area contributed by atoms with E-state index in [1.165, 1.54) is 6.08 Å². The van der Waals surface area contributed by atoms with Crippen molar-refractivity contribution in [1.29, 1.82) is 0 Å². The van der Waals surface area contributed by atoms with E-state index in [9.17, 15) is 4.79 Å². The van der Waals surface area contributed by atoms with E-state index in [1.807, 2.05) is 24.3 Å². The lowest BCUT2D eigenvalue weighted by atomic mass is 10.1. The zero-order chi connectivity index (χ0) is 15.9. The summed E-state index contributed by atoms with van der Waals surface area (Å²) in [5, 5.41) is 0. The number of carbonyl (C=O) groups excluding carboxylic acids is 1. The molecule has 0 amide bonds. The average Bonchev–Trinajstić information content (AvgIpc) is 2.59. The predicted molar refractivity (Wildman–Crippen MR) is 85.9 cm³/mol. The van der Waals surface area contributed by atoms with Crippen LogP contribution in [0.25, 0.3) is 6.08 Å². The quantitative estimate of drug-likeness (QED) is 0.603. The van der Waals surface area contributed by atoms with Crippen molar-refractivity contribution in [2.75, 3.05) is 21.3 Å². The largest absolute Gasteiger partial charge is 0.497 e. The summed E-state index contributed by atoms with van der Waals surface area (Å²) in [6, 6.07) is 12.6. The number of ether oxygens (including phenoxy) is 3. The molecule has 22 heavy (non-hydrogen) atoms. The highest BCUT2D eigenvalue weighted by molar-refractivity contribution is 6.07. The first kappa shape index (κ1) is 15.6. The van der Waals surface area contributed by atoms with Gasteiger partial charge in [-0.05, 0) is 35.9 Å². The van der Waals surface area contributed by atoms with Gasteiger partial charge in [-0.2, -0.15) is 0 Å². The van der Waals surface area contributed by atoms with Gasteiger partial charge >= 0.3 is 0 Å². The number of hydrogen-bond donors (Lipinski definition) is 0. The lowest BCUT2D eigenvalue weighted by Gasteiger charge is -2.06. The predicted octanol–water partition coefficient (Wildman–Crippen LogP) is 3.61. The highest BCUT2D eigenvalue weighted by Crippen LogP contribution is 2.23. The Morgan fingerprint density at radius 1 is 0.864 bits per heavy atom. The molecule has 0 spiro atoms. The Balaban J connectivity index is 2.22. The topological polar surface area (TPSA) is 44.8 Å². The lowest BCUT2D eigenvalue weighted by Crippen LogP contribution is -1.97. The van der Waals surface area contributed by atoms with Crippen LogP contribution in [0.5, 0.6) is 17.2 Å². The third kappa shape index (κ3) is 3.88. The van der Waals surface area contributed by atoms with Crippen molar-refractivity contribution in [3.8, 4) is 17.2 Å². The Morgan fingerprint density at radius 3 is 2.09 bits per heavy atom. The summed E-state index contributed by atoms with van der Waals surface area (Å²) < 4.78 is 15.5. The molecule has 0 unspecified atom stereocenters. The summed E-state index contributed by atoms with van der Waals surface area (Å²) in [5.74, 6) is 1.78. The number of ketones is 1. The fraction of sp³-hybridized carbons (Fsp3) is 0.167. The SMILES string of the molecule is COc1cccc(C=CC(=O)c2cc(OC)cc(OC)c2)c1. The van der Waals surface area contributed by atoms with E-state index < -0.39 is 0 Å². The molecular weight excluding hydrogens is 280 g/mol. The maximum Gasteiger partial charge on any atom is 0.186 e. The first-order valence-electron chi connectivity index (χ1n) is 6.76. The van der Waals surface area contributed by atoms with Crippen LogP contribution in [0, 0.1) is 0 Å². The second-order valence-electron chi connectivity index (χ2n) is 4.58. The molecule has 0 atom stereocenters. The van der Waals surface area contributed by atoms with Gasteiger partial charge in [0, 0.05) is 11.6 Å². The molecular formula is C18H18O4. The number of methoxy groups -OCH3 is 3. The van der Waals surface area contributed by atoms with Crippen molar-refractivity contribution in [2.24, 2.45) is 0 Å². The molecule has 2 rings (SSSR count). The molecule has 2 aromatic carbocycles. The van der Waals surface area contributed by atoms with Gasteiger partial charge in [0.25, 0.3) is 0 Å². The highest BCUT2D eigenvalue weighted by Gasteiger charge is 2.07. The van der Waals surface area contributed by atoms with Gasteiger partial charge in [0.2, 0.25) is 0 Å². The molecule has 0 aliphatic carbocycles. The third-order valence-electron chi connectivity index (χ3n) is 3.16. The summed E-state index contributed by atoms with van der Waals surface area (Å²) >= 11 is 0. The maximum atomic E-state index is 12.3. The van der Waals surface area contributed by atoms with E-state index in [2.05, 4.69) is 0 Å². The Labute approximate surface area is 129 Å². The van der Waals surface area contributed by atoms with E-state index in [-0.39, 0.29) is 5.78 Å². The summed E-state index contributed by atoms with van der Waals surface area (Å²) in [5.41, 5.74) is 1.40. The van der Waals surface area contributed by atoms with Crippen molar-refractivity contribution in [3.63, 3.8) is 0 Å². The fourth-order valence-corrected chi connectivity index (χ4v) is 1.96. The monoisotopic (exact) mass is 298 g/mol. The number of rotatable bonds is 6. The van der Waals surface area contributed by atoms with Crippen LogP contribution in [0.4, 0.5) is 0 Å². The normalized spacial score (nSPS) is 10.5. The standard InChI is InChI=1S/C18H18O4/c1-20-15-6-4-5-13(9-15)7-8-18(19)14-10-16(21-2)12-17(11-14)22-3/h4-12H,1-3H3. The summed E-state index contributed by atoms with van der Waals surface area (Å²) in [6.45, 7) is 0. The molecule has 0 saturated heterocycles. The molecule has 0 fully saturated rings. The molecule has 0 radical (unpaired) electrons. The first-order chi connectivity index (χ1) is 10.7. The van der Waals surface area contributed by atoms with Crippen LogP contribution in [-0.4, -0.2) is 27.1 Å². The second kappa shape index (κ2) is 7.31. The minimum atomic E-state index is -0.125. The number of carbonyl (C=O) groups is 1. The van der Waals surface area contributed by atoms with Crippen LogP contribution in [0.3, 0.4) is 0 Å². The maximum absolute atomic E-state index is 12.3. The zero-order valence-corrected chi connectivity index (χ0v) is 12.8. The minimum Gasteiger partial charge on any atom is -0.497 e. The Morgan fingerprint density at radius 2 is 1.50 bits per heavy atom. The van der Waals surface area contributed by atoms with Crippen LogP contribution in [-0.2, 0) is 0 Å². The molecule has 0 aliphatic heterocycles.